The van der Waals surface area contributed by atoms with Crippen LogP contribution < -0.4 is 4.74 Å². The maximum Gasteiger partial charge on any atom is 0.263 e. The number of hydrogen-bond donors (Lipinski definition) is 0. The molecule has 0 radical (unpaired) electrons. The SMILES string of the molecule is Cc1csc(C(=O)N2CCC(COc3cc4c(nn3)CCCC4)CC2)c1. The first-order chi connectivity index (χ1) is 12.7. The summed E-state index contributed by atoms with van der Waals surface area (Å²) < 4.78 is 5.92. The third-order valence-corrected chi connectivity index (χ3v) is 6.39. The highest BCUT2D eigenvalue weighted by Gasteiger charge is 2.25. The average Bonchev–Trinajstić information content (AvgIpc) is 3.12. The molecule has 2 aromatic rings. The normalized spacial score (nSPS) is 17.8. The highest BCUT2D eigenvalue weighted by molar-refractivity contribution is 7.12. The molecule has 0 atom stereocenters. The number of amides is 1. The van der Waals surface area contributed by atoms with E-state index in [-0.39, 0.29) is 5.91 Å². The van der Waals surface area contributed by atoms with E-state index >= 15 is 0 Å². The van der Waals surface area contributed by atoms with Crippen molar-refractivity contribution in [1.29, 1.82) is 0 Å². The van der Waals surface area contributed by atoms with Crippen molar-refractivity contribution >= 4 is 17.2 Å². The van der Waals surface area contributed by atoms with Crippen LogP contribution in [0.1, 0.15) is 52.2 Å². The van der Waals surface area contributed by atoms with Crippen LogP contribution in [0.3, 0.4) is 0 Å². The van der Waals surface area contributed by atoms with Crippen LogP contribution in [0.5, 0.6) is 5.88 Å². The van der Waals surface area contributed by atoms with Crippen LogP contribution in [-0.4, -0.2) is 40.7 Å². The molecule has 0 spiro atoms. The summed E-state index contributed by atoms with van der Waals surface area (Å²) in [6.45, 7) is 4.30. The van der Waals surface area contributed by atoms with Gasteiger partial charge in [-0.3, -0.25) is 4.79 Å². The lowest BCUT2D eigenvalue weighted by atomic mass is 9.97. The minimum absolute atomic E-state index is 0.169. The van der Waals surface area contributed by atoms with Gasteiger partial charge in [0.15, 0.2) is 0 Å². The number of hydrogen-bond acceptors (Lipinski definition) is 5. The van der Waals surface area contributed by atoms with Gasteiger partial charge < -0.3 is 9.64 Å². The van der Waals surface area contributed by atoms with E-state index in [1.54, 1.807) is 0 Å². The number of likely N-dealkylation sites (tertiary alicyclic amines) is 1. The van der Waals surface area contributed by atoms with Crippen LogP contribution in [0.2, 0.25) is 0 Å². The van der Waals surface area contributed by atoms with Crippen LogP contribution in [0.15, 0.2) is 17.5 Å². The number of aryl methyl sites for hydroxylation is 3. The monoisotopic (exact) mass is 371 g/mol. The van der Waals surface area contributed by atoms with Crippen molar-refractivity contribution in [2.45, 2.75) is 45.4 Å². The summed E-state index contributed by atoms with van der Waals surface area (Å²) in [7, 11) is 0. The fourth-order valence-corrected chi connectivity index (χ4v) is 4.61. The number of carbonyl (C=O) groups excluding carboxylic acids is 1. The van der Waals surface area contributed by atoms with Crippen molar-refractivity contribution in [3.05, 3.63) is 39.2 Å². The molecule has 0 saturated carbocycles. The maximum atomic E-state index is 12.5. The van der Waals surface area contributed by atoms with Crippen LogP contribution in [0.4, 0.5) is 0 Å². The Balaban J connectivity index is 1.27. The second-order valence-corrected chi connectivity index (χ2v) is 8.31. The number of aromatic nitrogens is 2. The third-order valence-electron chi connectivity index (χ3n) is 5.36. The van der Waals surface area contributed by atoms with E-state index in [9.17, 15) is 4.79 Å². The quantitative estimate of drug-likeness (QED) is 0.823. The first-order valence-corrected chi connectivity index (χ1v) is 10.4. The Morgan fingerprint density at radius 1 is 1.23 bits per heavy atom. The molecule has 138 valence electrons. The largest absolute Gasteiger partial charge is 0.476 e. The molecule has 1 amide bonds. The number of rotatable bonds is 4. The maximum absolute atomic E-state index is 12.5. The molecule has 1 saturated heterocycles. The molecule has 0 bridgehead atoms. The van der Waals surface area contributed by atoms with Crippen LogP contribution in [0, 0.1) is 12.8 Å². The summed E-state index contributed by atoms with van der Waals surface area (Å²) in [4.78, 5) is 15.3. The van der Waals surface area contributed by atoms with Gasteiger partial charge in [0.1, 0.15) is 0 Å². The van der Waals surface area contributed by atoms with Gasteiger partial charge >= 0.3 is 0 Å². The lowest BCUT2D eigenvalue weighted by molar-refractivity contribution is 0.0663. The van der Waals surface area contributed by atoms with Gasteiger partial charge in [-0.05, 0) is 73.9 Å². The molecular weight excluding hydrogens is 346 g/mol. The van der Waals surface area contributed by atoms with Crippen LogP contribution >= 0.6 is 11.3 Å². The molecule has 2 aromatic heterocycles. The van der Waals surface area contributed by atoms with Crippen LogP contribution in [-0.2, 0) is 12.8 Å². The molecule has 1 fully saturated rings. The molecule has 0 N–H and O–H groups in total. The standard InChI is InChI=1S/C20H25N3O2S/c1-14-10-18(26-13-14)20(24)23-8-6-15(7-9-23)12-25-19-11-16-4-2-3-5-17(16)21-22-19/h10-11,13,15H,2-9,12H2,1H3. The predicted molar refractivity (Wildman–Crippen MR) is 102 cm³/mol. The van der Waals surface area contributed by atoms with E-state index in [0.717, 1.165) is 54.9 Å². The van der Waals surface area contributed by atoms with Gasteiger partial charge in [0.2, 0.25) is 5.88 Å². The van der Waals surface area contributed by atoms with E-state index in [0.29, 0.717) is 18.4 Å². The minimum Gasteiger partial charge on any atom is -0.476 e. The van der Waals surface area contributed by atoms with Crippen molar-refractivity contribution in [2.24, 2.45) is 5.92 Å². The Morgan fingerprint density at radius 3 is 2.81 bits per heavy atom. The van der Waals surface area contributed by atoms with Crippen LogP contribution in [0.25, 0.3) is 0 Å². The number of ether oxygens (including phenoxy) is 1. The second-order valence-electron chi connectivity index (χ2n) is 7.40. The average molecular weight is 372 g/mol. The Morgan fingerprint density at radius 2 is 2.04 bits per heavy atom. The number of piperidine rings is 1. The minimum atomic E-state index is 0.169. The Labute approximate surface area is 158 Å². The van der Waals surface area contributed by atoms with Gasteiger partial charge in [-0.25, -0.2) is 0 Å². The molecule has 6 heteroatoms. The van der Waals surface area contributed by atoms with Gasteiger partial charge in [-0.2, -0.15) is 5.10 Å². The first kappa shape index (κ1) is 17.5. The van der Waals surface area contributed by atoms with Crippen molar-refractivity contribution in [1.82, 2.24) is 15.1 Å². The third kappa shape index (κ3) is 3.90. The molecule has 0 unspecified atom stereocenters. The zero-order valence-corrected chi connectivity index (χ0v) is 16.1. The lowest BCUT2D eigenvalue weighted by Gasteiger charge is -2.31. The molecular formula is C20H25N3O2S. The second kappa shape index (κ2) is 7.74. The molecule has 26 heavy (non-hydrogen) atoms. The molecule has 0 aromatic carbocycles. The van der Waals surface area contributed by atoms with E-state index in [1.807, 2.05) is 23.3 Å². The van der Waals surface area contributed by atoms with Crippen molar-refractivity contribution in [2.75, 3.05) is 19.7 Å². The Bertz CT molecular complexity index is 781. The summed E-state index contributed by atoms with van der Waals surface area (Å²) >= 11 is 1.54. The fraction of sp³-hybridized carbons (Fsp3) is 0.550. The zero-order valence-electron chi connectivity index (χ0n) is 15.2. The van der Waals surface area contributed by atoms with Crippen molar-refractivity contribution in [3.8, 4) is 5.88 Å². The molecule has 2 aliphatic rings. The molecule has 4 rings (SSSR count). The number of nitrogens with zero attached hydrogens (tertiary/aromatic N) is 3. The smallest absolute Gasteiger partial charge is 0.263 e. The van der Waals surface area contributed by atoms with E-state index in [2.05, 4.69) is 16.3 Å². The summed E-state index contributed by atoms with van der Waals surface area (Å²) in [5.74, 6) is 1.29. The van der Waals surface area contributed by atoms with E-state index < -0.39 is 0 Å². The number of fused-ring (bicyclic) bond motifs is 1. The highest BCUT2D eigenvalue weighted by Crippen LogP contribution is 2.24. The molecule has 5 nitrogen and oxygen atoms in total. The number of thiophene rings is 1. The molecule has 1 aliphatic carbocycles. The summed E-state index contributed by atoms with van der Waals surface area (Å²) in [5, 5.41) is 10.6. The lowest BCUT2D eigenvalue weighted by Crippen LogP contribution is -2.39. The van der Waals surface area contributed by atoms with Gasteiger partial charge in [0.05, 0.1) is 17.2 Å². The van der Waals surface area contributed by atoms with E-state index in [1.165, 1.54) is 29.7 Å². The topological polar surface area (TPSA) is 55.3 Å². The molecule has 1 aliphatic heterocycles. The van der Waals surface area contributed by atoms with Gasteiger partial charge in [0.25, 0.3) is 5.91 Å². The van der Waals surface area contributed by atoms with Crippen molar-refractivity contribution in [3.63, 3.8) is 0 Å². The highest BCUT2D eigenvalue weighted by atomic mass is 32.1. The first-order valence-electron chi connectivity index (χ1n) is 9.52. The summed E-state index contributed by atoms with van der Waals surface area (Å²) in [6, 6.07) is 4.05. The summed E-state index contributed by atoms with van der Waals surface area (Å²) in [5.41, 5.74) is 3.60. The fourth-order valence-electron chi connectivity index (χ4n) is 3.75. The Hall–Kier alpha value is -1.95. The van der Waals surface area contributed by atoms with E-state index in [4.69, 9.17) is 4.74 Å². The van der Waals surface area contributed by atoms with Gasteiger partial charge in [0, 0.05) is 19.2 Å². The van der Waals surface area contributed by atoms with Crippen molar-refractivity contribution < 1.29 is 9.53 Å². The predicted octanol–water partition coefficient (Wildman–Crippen LogP) is 3.66. The number of carbonyl (C=O) groups is 1. The zero-order chi connectivity index (χ0) is 17.9. The van der Waals surface area contributed by atoms with Gasteiger partial charge in [-0.15, -0.1) is 16.4 Å². The molecule has 3 heterocycles. The Kier molecular flexibility index (Phi) is 5.20. The van der Waals surface area contributed by atoms with Gasteiger partial charge in [-0.1, -0.05) is 0 Å². The summed E-state index contributed by atoms with van der Waals surface area (Å²) in [6.07, 6.45) is 6.53.